The molecule has 0 aromatic heterocycles. The zero-order valence-electron chi connectivity index (χ0n) is 11.4. The van der Waals surface area contributed by atoms with Gasteiger partial charge in [0.15, 0.2) is 0 Å². The van der Waals surface area contributed by atoms with Crippen molar-refractivity contribution in [3.8, 4) is 0 Å². The number of amides is 1. The van der Waals surface area contributed by atoms with Gasteiger partial charge in [-0.15, -0.1) is 11.8 Å². The van der Waals surface area contributed by atoms with Crippen LogP contribution in [-0.4, -0.2) is 40.5 Å². The smallest absolute Gasteiger partial charge is 0.326 e. The van der Waals surface area contributed by atoms with Gasteiger partial charge in [0.1, 0.15) is 6.04 Å². The number of carboxylic acids is 1. The minimum Gasteiger partial charge on any atom is -0.480 e. The van der Waals surface area contributed by atoms with Crippen LogP contribution in [0.15, 0.2) is 29.2 Å². The van der Waals surface area contributed by atoms with Gasteiger partial charge in [-0.3, -0.25) is 4.79 Å². The molecule has 0 aliphatic rings. The molecule has 116 valence electrons. The third-order valence-corrected chi connectivity index (χ3v) is 4.03. The molecule has 0 radical (unpaired) electrons. The van der Waals surface area contributed by atoms with Gasteiger partial charge in [-0.05, 0) is 36.4 Å². The zero-order chi connectivity index (χ0) is 15.7. The summed E-state index contributed by atoms with van der Waals surface area (Å²) in [6.45, 7) is -0.274. The average molecular weight is 332 g/mol. The quantitative estimate of drug-likeness (QED) is 0.477. The highest BCUT2D eigenvalue weighted by molar-refractivity contribution is 7.99. The Balaban J connectivity index is 2.23. The second-order valence-electron chi connectivity index (χ2n) is 4.38. The van der Waals surface area contributed by atoms with Gasteiger partial charge >= 0.3 is 5.97 Å². The SMILES string of the molecule is O=C(CCCSc1ccc(Cl)cc1)N[C@@H](CCO)C(=O)O. The Hall–Kier alpha value is -1.24. The first-order valence-electron chi connectivity index (χ1n) is 6.54. The minimum absolute atomic E-state index is 0.0145. The van der Waals surface area contributed by atoms with Gasteiger partial charge in [-0.25, -0.2) is 4.79 Å². The molecule has 0 spiro atoms. The summed E-state index contributed by atoms with van der Waals surface area (Å²) < 4.78 is 0. The van der Waals surface area contributed by atoms with Crippen molar-refractivity contribution in [2.75, 3.05) is 12.4 Å². The average Bonchev–Trinajstić information content (AvgIpc) is 2.45. The van der Waals surface area contributed by atoms with Crippen LogP contribution in [0.2, 0.25) is 5.02 Å². The van der Waals surface area contributed by atoms with Crippen LogP contribution in [0.1, 0.15) is 19.3 Å². The number of nitrogens with one attached hydrogen (secondary N) is 1. The molecule has 0 saturated carbocycles. The number of aliphatic hydroxyl groups excluding tert-OH is 1. The third-order valence-electron chi connectivity index (χ3n) is 2.68. The molecule has 1 atom stereocenters. The molecule has 0 saturated heterocycles. The van der Waals surface area contributed by atoms with Gasteiger partial charge in [-0.2, -0.15) is 0 Å². The van der Waals surface area contributed by atoms with E-state index in [4.69, 9.17) is 21.8 Å². The van der Waals surface area contributed by atoms with E-state index in [1.807, 2.05) is 24.3 Å². The maximum atomic E-state index is 11.6. The molecule has 1 amide bonds. The predicted octanol–water partition coefficient (Wildman–Crippen LogP) is 2.16. The molecule has 0 bridgehead atoms. The van der Waals surface area contributed by atoms with E-state index in [1.165, 1.54) is 0 Å². The summed E-state index contributed by atoms with van der Waals surface area (Å²) in [5, 5.41) is 20.7. The predicted molar refractivity (Wildman–Crippen MR) is 82.7 cm³/mol. The number of aliphatic carboxylic acids is 1. The lowest BCUT2D eigenvalue weighted by Gasteiger charge is -2.12. The first-order valence-corrected chi connectivity index (χ1v) is 7.90. The Kier molecular flexibility index (Phi) is 8.19. The Morgan fingerprint density at radius 2 is 1.95 bits per heavy atom. The van der Waals surface area contributed by atoms with Crippen molar-refractivity contribution in [1.29, 1.82) is 0 Å². The monoisotopic (exact) mass is 331 g/mol. The fraction of sp³-hybridized carbons (Fsp3) is 0.429. The molecule has 1 aromatic rings. The highest BCUT2D eigenvalue weighted by Crippen LogP contribution is 2.21. The molecule has 5 nitrogen and oxygen atoms in total. The van der Waals surface area contributed by atoms with E-state index in [0.29, 0.717) is 11.4 Å². The van der Waals surface area contributed by atoms with E-state index >= 15 is 0 Å². The summed E-state index contributed by atoms with van der Waals surface area (Å²) in [5.41, 5.74) is 0. The second-order valence-corrected chi connectivity index (χ2v) is 5.98. The number of thioether (sulfide) groups is 1. The fourth-order valence-electron chi connectivity index (χ4n) is 1.61. The third kappa shape index (κ3) is 7.36. The molecule has 0 unspecified atom stereocenters. The molecule has 1 aromatic carbocycles. The van der Waals surface area contributed by atoms with Crippen molar-refractivity contribution >= 4 is 35.2 Å². The lowest BCUT2D eigenvalue weighted by molar-refractivity contribution is -0.142. The Bertz CT molecular complexity index is 467. The van der Waals surface area contributed by atoms with Crippen LogP contribution in [0.5, 0.6) is 0 Å². The second kappa shape index (κ2) is 9.65. The highest BCUT2D eigenvalue weighted by Gasteiger charge is 2.18. The molecular weight excluding hydrogens is 314 g/mol. The molecule has 3 N–H and O–H groups in total. The number of hydrogen-bond acceptors (Lipinski definition) is 4. The number of rotatable bonds is 9. The number of benzene rings is 1. The minimum atomic E-state index is -1.13. The summed E-state index contributed by atoms with van der Waals surface area (Å²) in [5.74, 6) is -0.687. The lowest BCUT2D eigenvalue weighted by atomic mass is 10.2. The van der Waals surface area contributed by atoms with Crippen LogP contribution < -0.4 is 5.32 Å². The maximum absolute atomic E-state index is 11.6. The number of carbonyl (C=O) groups is 2. The van der Waals surface area contributed by atoms with Gasteiger partial charge in [-0.1, -0.05) is 11.6 Å². The van der Waals surface area contributed by atoms with Gasteiger partial charge in [0.25, 0.3) is 0 Å². The summed E-state index contributed by atoms with van der Waals surface area (Å²) in [6, 6.07) is 6.42. The van der Waals surface area contributed by atoms with Crippen molar-refractivity contribution in [2.24, 2.45) is 0 Å². The highest BCUT2D eigenvalue weighted by atomic mass is 35.5. The molecule has 0 fully saturated rings. The standard InChI is InChI=1S/C14H18ClNO4S/c15-10-3-5-11(6-4-10)21-9-1-2-13(18)16-12(7-8-17)14(19)20/h3-6,12,17H,1-2,7-9H2,(H,16,18)(H,19,20)/t12-/m0/s1. The van der Waals surface area contributed by atoms with Crippen LogP contribution in [0.4, 0.5) is 0 Å². The van der Waals surface area contributed by atoms with Crippen molar-refractivity contribution in [3.63, 3.8) is 0 Å². The number of aliphatic hydroxyl groups is 1. The van der Waals surface area contributed by atoms with E-state index in [0.717, 1.165) is 10.6 Å². The van der Waals surface area contributed by atoms with Gasteiger partial charge in [0.2, 0.25) is 5.91 Å². The number of hydrogen-bond donors (Lipinski definition) is 3. The maximum Gasteiger partial charge on any atom is 0.326 e. The van der Waals surface area contributed by atoms with E-state index in [1.54, 1.807) is 11.8 Å². The van der Waals surface area contributed by atoms with E-state index in [-0.39, 0.29) is 25.4 Å². The number of carbonyl (C=O) groups excluding carboxylic acids is 1. The van der Waals surface area contributed by atoms with Crippen LogP contribution in [0.25, 0.3) is 0 Å². The van der Waals surface area contributed by atoms with Gasteiger partial charge < -0.3 is 15.5 Å². The van der Waals surface area contributed by atoms with Gasteiger partial charge in [0.05, 0.1) is 0 Å². The normalized spacial score (nSPS) is 11.9. The Morgan fingerprint density at radius 3 is 2.52 bits per heavy atom. The molecular formula is C14H18ClNO4S. The molecule has 0 aliphatic heterocycles. The van der Waals surface area contributed by atoms with Crippen LogP contribution in [0, 0.1) is 0 Å². The van der Waals surface area contributed by atoms with Crippen LogP contribution in [0.3, 0.4) is 0 Å². The van der Waals surface area contributed by atoms with Crippen molar-refractivity contribution in [2.45, 2.75) is 30.2 Å². The molecule has 0 aliphatic carbocycles. The zero-order valence-corrected chi connectivity index (χ0v) is 13.0. The number of halogens is 1. The molecule has 0 heterocycles. The Morgan fingerprint density at radius 1 is 1.29 bits per heavy atom. The summed E-state index contributed by atoms with van der Waals surface area (Å²) in [6.07, 6.45) is 0.918. The molecule has 1 rings (SSSR count). The van der Waals surface area contributed by atoms with Crippen LogP contribution in [-0.2, 0) is 9.59 Å². The first-order chi connectivity index (χ1) is 10.0. The summed E-state index contributed by atoms with van der Waals surface area (Å²) in [4.78, 5) is 23.5. The molecule has 21 heavy (non-hydrogen) atoms. The fourth-order valence-corrected chi connectivity index (χ4v) is 2.59. The lowest BCUT2D eigenvalue weighted by Crippen LogP contribution is -2.41. The van der Waals surface area contributed by atoms with Crippen molar-refractivity contribution < 1.29 is 19.8 Å². The van der Waals surface area contributed by atoms with E-state index < -0.39 is 12.0 Å². The largest absolute Gasteiger partial charge is 0.480 e. The van der Waals surface area contributed by atoms with Crippen LogP contribution >= 0.6 is 23.4 Å². The summed E-state index contributed by atoms with van der Waals surface area (Å²) >= 11 is 7.40. The number of carboxylic acid groups (broad SMARTS) is 1. The van der Waals surface area contributed by atoms with Gasteiger partial charge in [0, 0.05) is 29.4 Å². The molecule has 7 heteroatoms. The topological polar surface area (TPSA) is 86.6 Å². The van der Waals surface area contributed by atoms with E-state index in [2.05, 4.69) is 5.32 Å². The van der Waals surface area contributed by atoms with E-state index in [9.17, 15) is 9.59 Å². The summed E-state index contributed by atoms with van der Waals surface area (Å²) in [7, 11) is 0. The van der Waals surface area contributed by atoms with Crippen molar-refractivity contribution in [3.05, 3.63) is 29.3 Å². The van der Waals surface area contributed by atoms with Crippen molar-refractivity contribution in [1.82, 2.24) is 5.32 Å². The Labute approximate surface area is 132 Å². The first kappa shape index (κ1) is 17.8.